The Bertz CT molecular complexity index is 1540. The molecule has 50 heavy (non-hydrogen) atoms. The average Bonchev–Trinajstić information content (AvgIpc) is 3.36. The van der Waals surface area contributed by atoms with Gasteiger partial charge in [0.25, 0.3) is 0 Å². The highest BCUT2D eigenvalue weighted by atomic mass is 16.6. The van der Waals surface area contributed by atoms with E-state index < -0.39 is 59.2 Å². The SMILES string of the molecule is COC(=O)[C@H](Cc1c(/C=C/[C@H]2COC(=O)N2C(=O)OC(C)(C)C)cncc1OCc1ccccc1)N(C(=O)OC(C)(C)C)C(=O)OC(C)(C)C. The van der Waals surface area contributed by atoms with E-state index in [1.807, 2.05) is 30.3 Å². The first kappa shape index (κ1) is 39.3. The van der Waals surface area contributed by atoms with Gasteiger partial charge in [0.1, 0.15) is 41.8 Å². The summed E-state index contributed by atoms with van der Waals surface area (Å²) in [6.45, 7) is 14.7. The maximum absolute atomic E-state index is 13.6. The van der Waals surface area contributed by atoms with Crippen LogP contribution in [0.15, 0.2) is 48.8 Å². The third-order valence-corrected chi connectivity index (χ3v) is 6.65. The third-order valence-electron chi connectivity index (χ3n) is 6.65. The molecule has 4 amide bonds. The van der Waals surface area contributed by atoms with E-state index in [2.05, 4.69) is 4.98 Å². The van der Waals surface area contributed by atoms with Gasteiger partial charge in [-0.2, -0.15) is 4.90 Å². The minimum absolute atomic E-state index is 0.116. The number of hydrogen-bond acceptors (Lipinski definition) is 12. The topological polar surface area (TPSA) is 160 Å². The summed E-state index contributed by atoms with van der Waals surface area (Å²) in [6, 6.07) is 6.86. The van der Waals surface area contributed by atoms with Crippen molar-refractivity contribution < 1.29 is 52.4 Å². The molecule has 1 aromatic carbocycles. The van der Waals surface area contributed by atoms with Crippen LogP contribution >= 0.6 is 0 Å². The highest BCUT2D eigenvalue weighted by molar-refractivity contribution is 5.94. The molecule has 14 heteroatoms. The number of pyridine rings is 1. The van der Waals surface area contributed by atoms with Crippen molar-refractivity contribution in [2.75, 3.05) is 13.7 Å². The van der Waals surface area contributed by atoms with Gasteiger partial charge >= 0.3 is 30.3 Å². The predicted molar refractivity (Wildman–Crippen MR) is 181 cm³/mol. The zero-order valence-electron chi connectivity index (χ0n) is 30.3. The van der Waals surface area contributed by atoms with Crippen LogP contribution in [0.5, 0.6) is 5.75 Å². The third kappa shape index (κ3) is 11.5. The summed E-state index contributed by atoms with van der Waals surface area (Å²) in [7, 11) is 1.13. The second-order valence-corrected chi connectivity index (χ2v) is 14.4. The van der Waals surface area contributed by atoms with Gasteiger partial charge < -0.3 is 28.4 Å². The molecule has 1 aliphatic heterocycles. The van der Waals surface area contributed by atoms with E-state index in [4.69, 9.17) is 28.4 Å². The minimum atomic E-state index is -1.59. The lowest BCUT2D eigenvalue weighted by atomic mass is 9.99. The molecule has 3 rings (SSSR count). The number of cyclic esters (lactones) is 1. The van der Waals surface area contributed by atoms with E-state index in [1.165, 1.54) is 12.4 Å². The highest BCUT2D eigenvalue weighted by Crippen LogP contribution is 2.29. The van der Waals surface area contributed by atoms with Crippen molar-refractivity contribution in [2.45, 2.75) is 104 Å². The van der Waals surface area contributed by atoms with E-state index in [-0.39, 0.29) is 25.4 Å². The normalized spacial score (nSPS) is 15.6. The Morgan fingerprint density at radius 2 is 1.50 bits per heavy atom. The van der Waals surface area contributed by atoms with Gasteiger partial charge in [0.2, 0.25) is 0 Å². The molecule has 1 saturated heterocycles. The van der Waals surface area contributed by atoms with Gasteiger partial charge in [-0.15, -0.1) is 0 Å². The van der Waals surface area contributed by atoms with Crippen LogP contribution in [0.4, 0.5) is 19.2 Å². The summed E-state index contributed by atoms with van der Waals surface area (Å²) in [5.41, 5.74) is -1.38. The number of rotatable bonds is 9. The maximum atomic E-state index is 13.6. The molecule has 1 fully saturated rings. The molecule has 0 aliphatic carbocycles. The number of benzene rings is 1. The Balaban J connectivity index is 2.13. The monoisotopic (exact) mass is 697 g/mol. The van der Waals surface area contributed by atoms with Crippen molar-refractivity contribution in [1.82, 2.24) is 14.8 Å². The Morgan fingerprint density at radius 3 is 2.04 bits per heavy atom. The Labute approximate surface area is 292 Å². The molecular formula is C36H47N3O11. The lowest BCUT2D eigenvalue weighted by molar-refractivity contribution is -0.146. The standard InChI is InChI=1S/C36H47N3O11/c1-34(2,3)48-31(42)38-25(22-47-30(38)41)17-16-24-19-37-20-28(46-21-23-14-12-11-13-15-23)26(24)18-27(29(40)45-10)39(32(43)49-35(4,5)6)33(44)50-36(7,8)9/h11-17,19-20,25,27H,18,21-22H2,1-10H3/b17-16+/t25-,27-/m0/s1. The van der Waals surface area contributed by atoms with Crippen LogP contribution in [-0.4, -0.2) is 87.7 Å². The van der Waals surface area contributed by atoms with Crippen LogP contribution in [0.1, 0.15) is 79.0 Å². The molecule has 0 saturated carbocycles. The summed E-state index contributed by atoms with van der Waals surface area (Å²) < 4.78 is 32.9. The van der Waals surface area contributed by atoms with Crippen molar-refractivity contribution >= 4 is 36.4 Å². The number of carbonyl (C=O) groups is 5. The summed E-state index contributed by atoms with van der Waals surface area (Å²) >= 11 is 0. The number of methoxy groups -OCH3 is 1. The van der Waals surface area contributed by atoms with Gasteiger partial charge in [0.15, 0.2) is 0 Å². The lowest BCUT2D eigenvalue weighted by Gasteiger charge is -2.32. The fraction of sp³-hybridized carbons (Fsp3) is 0.500. The Hall–Kier alpha value is -5.14. The van der Waals surface area contributed by atoms with Gasteiger partial charge in [-0.3, -0.25) is 4.98 Å². The number of hydrogen-bond donors (Lipinski definition) is 0. The number of esters is 1. The predicted octanol–water partition coefficient (Wildman–Crippen LogP) is 6.69. The number of ether oxygens (including phenoxy) is 6. The van der Waals surface area contributed by atoms with Gasteiger partial charge in [-0.05, 0) is 73.4 Å². The smallest absolute Gasteiger partial charge is 0.420 e. The maximum Gasteiger partial charge on any atom is 0.420 e. The van der Waals surface area contributed by atoms with Crippen LogP contribution < -0.4 is 4.74 Å². The van der Waals surface area contributed by atoms with Crippen LogP contribution in [0.2, 0.25) is 0 Å². The quantitative estimate of drug-likeness (QED) is 0.202. The second-order valence-electron chi connectivity index (χ2n) is 14.4. The first-order valence-electron chi connectivity index (χ1n) is 16.0. The molecule has 1 aromatic heterocycles. The molecule has 14 nitrogen and oxygen atoms in total. The van der Waals surface area contributed by atoms with Crippen molar-refractivity contribution in [2.24, 2.45) is 0 Å². The molecule has 2 aromatic rings. The zero-order chi connectivity index (χ0) is 37.4. The van der Waals surface area contributed by atoms with Crippen molar-refractivity contribution in [3.8, 4) is 5.75 Å². The second kappa shape index (κ2) is 16.0. The highest BCUT2D eigenvalue weighted by Gasteiger charge is 2.42. The number of nitrogens with zero attached hydrogens (tertiary/aromatic N) is 3. The van der Waals surface area contributed by atoms with E-state index in [0.717, 1.165) is 17.6 Å². The first-order chi connectivity index (χ1) is 23.2. The molecule has 0 N–H and O–H groups in total. The number of imide groups is 2. The molecule has 272 valence electrons. The number of aromatic nitrogens is 1. The fourth-order valence-corrected chi connectivity index (χ4v) is 4.58. The first-order valence-corrected chi connectivity index (χ1v) is 16.0. The largest absolute Gasteiger partial charge is 0.487 e. The van der Waals surface area contributed by atoms with E-state index in [0.29, 0.717) is 16.0 Å². The minimum Gasteiger partial charge on any atom is -0.487 e. The van der Waals surface area contributed by atoms with Crippen LogP contribution in [0.3, 0.4) is 0 Å². The van der Waals surface area contributed by atoms with Gasteiger partial charge in [0.05, 0.1) is 19.3 Å². The van der Waals surface area contributed by atoms with Crippen molar-refractivity contribution in [3.63, 3.8) is 0 Å². The summed E-state index contributed by atoms with van der Waals surface area (Å²) in [5.74, 6) is -0.714. The van der Waals surface area contributed by atoms with E-state index in [9.17, 15) is 24.0 Å². The molecule has 2 heterocycles. The van der Waals surface area contributed by atoms with Gasteiger partial charge in [-0.1, -0.05) is 42.5 Å². The van der Waals surface area contributed by atoms with E-state index in [1.54, 1.807) is 74.5 Å². The Kier molecular flexibility index (Phi) is 12.6. The average molecular weight is 698 g/mol. The molecule has 1 aliphatic rings. The molecule has 0 bridgehead atoms. The van der Waals surface area contributed by atoms with Gasteiger partial charge in [0, 0.05) is 18.2 Å². The summed E-state index contributed by atoms with van der Waals surface area (Å²) in [5, 5.41) is 0. The molecule has 2 atom stereocenters. The summed E-state index contributed by atoms with van der Waals surface area (Å²) in [4.78, 5) is 71.8. The van der Waals surface area contributed by atoms with Crippen molar-refractivity contribution in [3.05, 3.63) is 65.5 Å². The molecule has 0 radical (unpaired) electrons. The zero-order valence-corrected chi connectivity index (χ0v) is 30.3. The summed E-state index contributed by atoms with van der Waals surface area (Å²) in [6.07, 6.45) is 1.68. The molecular weight excluding hydrogens is 650 g/mol. The van der Waals surface area contributed by atoms with Crippen LogP contribution in [0.25, 0.3) is 6.08 Å². The molecule has 0 spiro atoms. The Morgan fingerprint density at radius 1 is 0.920 bits per heavy atom. The van der Waals surface area contributed by atoms with Gasteiger partial charge in [-0.25, -0.2) is 28.9 Å². The van der Waals surface area contributed by atoms with Crippen LogP contribution in [-0.2, 0) is 41.5 Å². The molecule has 0 unspecified atom stereocenters. The number of carbonyl (C=O) groups excluding carboxylic acids is 5. The number of amides is 4. The van der Waals surface area contributed by atoms with Crippen molar-refractivity contribution in [1.29, 1.82) is 0 Å². The lowest BCUT2D eigenvalue weighted by Crippen LogP contribution is -2.53. The van der Waals surface area contributed by atoms with Crippen LogP contribution in [0, 0.1) is 0 Å². The fourth-order valence-electron chi connectivity index (χ4n) is 4.58. The van der Waals surface area contributed by atoms with E-state index >= 15 is 0 Å².